The van der Waals surface area contributed by atoms with E-state index in [0.717, 1.165) is 0 Å². The molecule has 0 aromatic carbocycles. The lowest BCUT2D eigenvalue weighted by atomic mass is 11.5. The molecule has 0 N–H and O–H groups in total. The minimum Gasteiger partial charge on any atom is -0.456 e. The second-order valence-electron chi connectivity index (χ2n) is 0.510. The first kappa shape index (κ1) is 6.17. The Hall–Kier alpha value is 0.170. The Morgan fingerprint density at radius 2 is 2.67 bits per heavy atom. The maximum atomic E-state index is 9.29. The van der Waals surface area contributed by atoms with E-state index in [1.165, 1.54) is 10.8 Å². The van der Waals surface area contributed by atoms with Gasteiger partial charge in [-0.3, -0.25) is 4.79 Å². The fourth-order valence-corrected chi connectivity index (χ4v) is 0.357. The molecule has 0 saturated heterocycles. The van der Waals surface area contributed by atoms with Gasteiger partial charge in [0.2, 0.25) is 0 Å². The number of rotatable bonds is 3. The third-order valence-corrected chi connectivity index (χ3v) is 0.747. The van der Waals surface area contributed by atoms with Crippen LogP contribution in [0.2, 0.25) is 0 Å². The zero-order valence-corrected chi connectivity index (χ0v) is 4.67. The summed E-state index contributed by atoms with van der Waals surface area (Å²) in [5.74, 6) is 0.326. The maximum Gasteiger partial charge on any atom is 0.293 e. The minimum atomic E-state index is 0.326. The molecule has 0 rings (SSSR count). The number of hydrogen-bond acceptors (Lipinski definition) is 4. The Kier molecular flexibility index (Phi) is 5.32. The van der Waals surface area contributed by atoms with Crippen LogP contribution in [0, 0.1) is 0 Å². The number of carbonyl (C=O) groups excluding carboxylic acids is 1. The smallest absolute Gasteiger partial charge is 0.293 e. The van der Waals surface area contributed by atoms with E-state index in [-0.39, 0.29) is 0 Å². The van der Waals surface area contributed by atoms with Crippen LogP contribution in [-0.4, -0.2) is 12.4 Å². The fraction of sp³-hybridized carbons (Fsp3) is 0.500. The van der Waals surface area contributed by atoms with Gasteiger partial charge >= 0.3 is 0 Å². The van der Waals surface area contributed by atoms with Crippen molar-refractivity contribution in [3.8, 4) is 0 Å². The summed E-state index contributed by atoms with van der Waals surface area (Å²) < 4.78 is 4.19. The molecule has 0 radical (unpaired) electrons. The van der Waals surface area contributed by atoms with Crippen LogP contribution in [0.3, 0.4) is 0 Å². The Morgan fingerprint density at radius 1 is 2.00 bits per heavy atom. The molecule has 0 amide bonds. The number of carbonyl (C=O) groups is 1. The zero-order chi connectivity index (χ0) is 4.83. The lowest BCUT2D eigenvalue weighted by Crippen LogP contribution is -1.80. The van der Waals surface area contributed by atoms with Crippen molar-refractivity contribution in [3.63, 3.8) is 0 Å². The predicted molar refractivity (Wildman–Crippen MR) is 28.6 cm³/mol. The van der Waals surface area contributed by atoms with Crippen molar-refractivity contribution in [1.29, 1.82) is 0 Å². The normalized spacial score (nSPS) is 7.50. The van der Waals surface area contributed by atoms with Gasteiger partial charge in [-0.25, -0.2) is 0 Å². The number of ether oxygens (including phenoxy) is 1. The molecule has 0 heterocycles. The largest absolute Gasteiger partial charge is 0.456 e. The van der Waals surface area contributed by atoms with Crippen LogP contribution in [0.4, 0.5) is 0 Å². The highest BCUT2D eigenvalue weighted by Crippen LogP contribution is 2.01. The predicted octanol–water partition coefficient (Wildman–Crippen LogP) is 0.695. The van der Waals surface area contributed by atoms with Gasteiger partial charge in [0, 0.05) is 0 Å². The van der Waals surface area contributed by atoms with Crippen molar-refractivity contribution in [2.24, 2.45) is 0 Å². The Morgan fingerprint density at radius 3 is 2.83 bits per heavy atom. The highest BCUT2D eigenvalue weighted by molar-refractivity contribution is 8.68. The van der Waals surface area contributed by atoms with E-state index in [2.05, 4.69) is 16.4 Å². The van der Waals surface area contributed by atoms with Crippen LogP contribution < -0.4 is 0 Å². The molecular formula is C2H4O2S2. The molecule has 0 aromatic heterocycles. The third kappa shape index (κ3) is 4.17. The minimum absolute atomic E-state index is 0.326. The molecule has 0 fully saturated rings. The SMILES string of the molecule is O=COCSS. The van der Waals surface area contributed by atoms with E-state index in [9.17, 15) is 4.79 Å². The second kappa shape index (κ2) is 5.17. The molecule has 0 saturated carbocycles. The molecule has 2 nitrogen and oxygen atoms in total. The van der Waals surface area contributed by atoms with Crippen LogP contribution in [0.1, 0.15) is 0 Å². The molecule has 0 spiro atoms. The zero-order valence-electron chi connectivity index (χ0n) is 2.96. The quantitative estimate of drug-likeness (QED) is 0.197. The average molecular weight is 124 g/mol. The summed E-state index contributed by atoms with van der Waals surface area (Å²) in [4.78, 5) is 9.29. The van der Waals surface area contributed by atoms with Crippen LogP contribution in [0.5, 0.6) is 0 Å². The van der Waals surface area contributed by atoms with Crippen molar-refractivity contribution < 1.29 is 9.53 Å². The third-order valence-electron chi connectivity index (χ3n) is 0.189. The molecule has 0 atom stereocenters. The van der Waals surface area contributed by atoms with E-state index in [4.69, 9.17) is 0 Å². The van der Waals surface area contributed by atoms with Gasteiger partial charge in [0.15, 0.2) is 0 Å². The number of hydrogen-bond donors (Lipinski definition) is 1. The van der Waals surface area contributed by atoms with Gasteiger partial charge in [0.05, 0.1) is 0 Å². The van der Waals surface area contributed by atoms with Gasteiger partial charge in [-0.15, -0.1) is 11.7 Å². The molecule has 6 heavy (non-hydrogen) atoms. The lowest BCUT2D eigenvalue weighted by molar-refractivity contribution is -0.126. The molecule has 36 valence electrons. The highest BCUT2D eigenvalue weighted by Gasteiger charge is 1.72. The van der Waals surface area contributed by atoms with Crippen molar-refractivity contribution in [2.45, 2.75) is 0 Å². The molecule has 0 aliphatic heterocycles. The topological polar surface area (TPSA) is 26.3 Å². The molecule has 0 aromatic rings. The monoisotopic (exact) mass is 124 g/mol. The van der Waals surface area contributed by atoms with E-state index < -0.39 is 0 Å². The van der Waals surface area contributed by atoms with E-state index in [0.29, 0.717) is 12.4 Å². The number of thiol groups is 1. The summed E-state index contributed by atoms with van der Waals surface area (Å²) in [5.41, 5.74) is 0. The summed E-state index contributed by atoms with van der Waals surface area (Å²) in [5, 5.41) is 0. The molecule has 4 heteroatoms. The van der Waals surface area contributed by atoms with Gasteiger partial charge in [0.25, 0.3) is 6.47 Å². The van der Waals surface area contributed by atoms with E-state index in [1.54, 1.807) is 0 Å². The van der Waals surface area contributed by atoms with E-state index in [1.807, 2.05) is 0 Å². The second-order valence-corrected chi connectivity index (χ2v) is 1.78. The Balaban J connectivity index is 2.49. The Bertz CT molecular complexity index is 38.5. The van der Waals surface area contributed by atoms with Gasteiger partial charge in [0.1, 0.15) is 5.94 Å². The molecule has 0 aliphatic carbocycles. The van der Waals surface area contributed by atoms with Gasteiger partial charge < -0.3 is 4.74 Å². The van der Waals surface area contributed by atoms with Gasteiger partial charge in [-0.1, -0.05) is 10.8 Å². The molecular weight excluding hydrogens is 120 g/mol. The van der Waals surface area contributed by atoms with Gasteiger partial charge in [-0.2, -0.15) is 0 Å². The summed E-state index contributed by atoms with van der Waals surface area (Å²) in [6.07, 6.45) is 0. The first-order chi connectivity index (χ1) is 2.91. The van der Waals surface area contributed by atoms with Crippen molar-refractivity contribution in [1.82, 2.24) is 0 Å². The fourth-order valence-electron chi connectivity index (χ4n) is 0.0582. The summed E-state index contributed by atoms with van der Waals surface area (Å²) in [7, 11) is 1.17. The highest BCUT2D eigenvalue weighted by atomic mass is 33.1. The van der Waals surface area contributed by atoms with Crippen LogP contribution in [-0.2, 0) is 9.53 Å². The Labute approximate surface area is 45.1 Å². The van der Waals surface area contributed by atoms with E-state index >= 15 is 0 Å². The molecule has 0 unspecified atom stereocenters. The van der Waals surface area contributed by atoms with Gasteiger partial charge in [-0.05, 0) is 0 Å². The summed E-state index contributed by atoms with van der Waals surface area (Å²) >= 11 is 3.69. The standard InChI is InChI=1S/C2H4O2S2/c3-1-4-2-6-5/h1,5H,2H2. The summed E-state index contributed by atoms with van der Waals surface area (Å²) in [6, 6.07) is 0. The van der Waals surface area contributed by atoms with Crippen molar-refractivity contribution in [2.75, 3.05) is 5.94 Å². The molecule has 0 bridgehead atoms. The van der Waals surface area contributed by atoms with Crippen LogP contribution in [0.15, 0.2) is 0 Å². The molecule has 0 aliphatic rings. The van der Waals surface area contributed by atoms with Crippen molar-refractivity contribution >= 4 is 28.9 Å². The average Bonchev–Trinajstić information content (AvgIpc) is 1.61. The first-order valence-electron chi connectivity index (χ1n) is 1.23. The summed E-state index contributed by atoms with van der Waals surface area (Å²) in [6.45, 7) is 0.392. The van der Waals surface area contributed by atoms with Crippen molar-refractivity contribution in [3.05, 3.63) is 0 Å². The lowest BCUT2D eigenvalue weighted by Gasteiger charge is -1.85. The van der Waals surface area contributed by atoms with Crippen LogP contribution >= 0.6 is 22.5 Å². The maximum absolute atomic E-state index is 9.29. The first-order valence-corrected chi connectivity index (χ1v) is 3.27. The van der Waals surface area contributed by atoms with Crippen LogP contribution in [0.25, 0.3) is 0 Å².